The number of hydrogen-bond donors (Lipinski definition) is 0. The van der Waals surface area contributed by atoms with Crippen LogP contribution < -0.4 is 9.80 Å². The van der Waals surface area contributed by atoms with Gasteiger partial charge in [0.15, 0.2) is 0 Å². The summed E-state index contributed by atoms with van der Waals surface area (Å²) in [6, 6.07) is 8.00. The molecule has 0 spiro atoms. The van der Waals surface area contributed by atoms with E-state index in [1.807, 2.05) is 18.2 Å². The van der Waals surface area contributed by atoms with Crippen molar-refractivity contribution < 1.29 is 9.59 Å². The van der Waals surface area contributed by atoms with Gasteiger partial charge in [-0.2, -0.15) is 5.26 Å². The quantitative estimate of drug-likeness (QED) is 0.793. The molecule has 2 amide bonds. The van der Waals surface area contributed by atoms with Crippen molar-refractivity contribution in [2.75, 3.05) is 22.9 Å². The van der Waals surface area contributed by atoms with Gasteiger partial charge in [0.2, 0.25) is 11.8 Å². The van der Waals surface area contributed by atoms with Crippen LogP contribution in [0, 0.1) is 11.3 Å². The van der Waals surface area contributed by atoms with E-state index in [-0.39, 0.29) is 17.7 Å². The standard InChI is InChI=1S/C16H17N3O2/c1-11(20)18-10-7-15(21)19-9-6-12(5-8-17)13-3-2-4-14(18)16(13)19/h2-4,12H,5-7,9-10H2,1H3. The second-order valence-electron chi connectivity index (χ2n) is 5.53. The Labute approximate surface area is 123 Å². The van der Waals surface area contributed by atoms with Gasteiger partial charge in [-0.1, -0.05) is 12.1 Å². The lowest BCUT2D eigenvalue weighted by Crippen LogP contribution is -2.36. The van der Waals surface area contributed by atoms with E-state index in [0.717, 1.165) is 23.4 Å². The monoisotopic (exact) mass is 283 g/mol. The molecule has 0 N–H and O–H groups in total. The number of hydrogen-bond acceptors (Lipinski definition) is 3. The van der Waals surface area contributed by atoms with E-state index in [1.54, 1.807) is 9.80 Å². The Hall–Kier alpha value is -2.35. The molecule has 1 atom stereocenters. The SMILES string of the molecule is CC(=O)N1CCC(=O)N2CCC(CC#N)c3cccc1c32. The van der Waals surface area contributed by atoms with Crippen molar-refractivity contribution in [3.05, 3.63) is 23.8 Å². The van der Waals surface area contributed by atoms with Crippen molar-refractivity contribution in [1.82, 2.24) is 0 Å². The van der Waals surface area contributed by atoms with Gasteiger partial charge in [-0.05, 0) is 18.1 Å². The summed E-state index contributed by atoms with van der Waals surface area (Å²) in [7, 11) is 0. The van der Waals surface area contributed by atoms with Crippen molar-refractivity contribution in [2.45, 2.75) is 32.1 Å². The largest absolute Gasteiger partial charge is 0.310 e. The minimum absolute atomic E-state index is 0.0551. The molecular formula is C16H17N3O2. The highest BCUT2D eigenvalue weighted by molar-refractivity contribution is 6.05. The molecule has 0 radical (unpaired) electrons. The molecule has 0 bridgehead atoms. The molecule has 1 aromatic rings. The lowest BCUT2D eigenvalue weighted by Gasteiger charge is -2.34. The van der Waals surface area contributed by atoms with Crippen LogP contribution in [0.1, 0.15) is 37.7 Å². The van der Waals surface area contributed by atoms with Crippen LogP contribution in [0.4, 0.5) is 11.4 Å². The van der Waals surface area contributed by atoms with Crippen LogP contribution in [-0.4, -0.2) is 24.9 Å². The second-order valence-corrected chi connectivity index (χ2v) is 5.53. The van der Waals surface area contributed by atoms with E-state index in [0.29, 0.717) is 25.9 Å². The Bertz CT molecular complexity index is 647. The molecule has 5 nitrogen and oxygen atoms in total. The van der Waals surface area contributed by atoms with Gasteiger partial charge in [0.25, 0.3) is 0 Å². The van der Waals surface area contributed by atoms with Crippen molar-refractivity contribution in [3.63, 3.8) is 0 Å². The summed E-state index contributed by atoms with van der Waals surface area (Å²) >= 11 is 0. The van der Waals surface area contributed by atoms with Crippen LogP contribution in [0.2, 0.25) is 0 Å². The zero-order valence-electron chi connectivity index (χ0n) is 12.0. The Morgan fingerprint density at radius 3 is 2.95 bits per heavy atom. The van der Waals surface area contributed by atoms with Gasteiger partial charge in [-0.25, -0.2) is 0 Å². The normalized spacial score (nSPS) is 20.6. The number of nitriles is 1. The van der Waals surface area contributed by atoms with Crippen LogP contribution in [-0.2, 0) is 9.59 Å². The van der Waals surface area contributed by atoms with Crippen molar-refractivity contribution in [1.29, 1.82) is 5.26 Å². The Morgan fingerprint density at radius 2 is 2.24 bits per heavy atom. The molecule has 0 aliphatic carbocycles. The van der Waals surface area contributed by atoms with E-state index in [4.69, 9.17) is 5.26 Å². The number of benzene rings is 1. The van der Waals surface area contributed by atoms with Gasteiger partial charge in [-0.15, -0.1) is 0 Å². The van der Waals surface area contributed by atoms with Gasteiger partial charge in [0.1, 0.15) is 0 Å². The third-order valence-electron chi connectivity index (χ3n) is 4.32. The Morgan fingerprint density at radius 1 is 1.43 bits per heavy atom. The maximum Gasteiger partial charge on any atom is 0.228 e. The van der Waals surface area contributed by atoms with Crippen LogP contribution in [0.25, 0.3) is 0 Å². The molecule has 3 rings (SSSR count). The summed E-state index contributed by atoms with van der Waals surface area (Å²) in [5.74, 6) is 0.143. The zero-order valence-corrected chi connectivity index (χ0v) is 12.0. The topological polar surface area (TPSA) is 64.4 Å². The second kappa shape index (κ2) is 5.21. The lowest BCUT2D eigenvalue weighted by molar-refractivity contribution is -0.118. The van der Waals surface area contributed by atoms with Gasteiger partial charge < -0.3 is 9.80 Å². The van der Waals surface area contributed by atoms with E-state index in [9.17, 15) is 9.59 Å². The summed E-state index contributed by atoms with van der Waals surface area (Å²) in [5, 5.41) is 9.00. The first kappa shape index (κ1) is 13.6. The van der Waals surface area contributed by atoms with E-state index in [2.05, 4.69) is 6.07 Å². The van der Waals surface area contributed by atoms with Gasteiger partial charge in [0, 0.05) is 38.8 Å². The zero-order chi connectivity index (χ0) is 15.0. The first-order valence-electron chi connectivity index (χ1n) is 7.22. The average Bonchev–Trinajstić information content (AvgIpc) is 2.61. The van der Waals surface area contributed by atoms with Gasteiger partial charge in [0.05, 0.1) is 17.4 Å². The first-order chi connectivity index (χ1) is 10.1. The molecule has 5 heteroatoms. The van der Waals surface area contributed by atoms with Crippen molar-refractivity contribution in [3.8, 4) is 6.07 Å². The number of rotatable bonds is 1. The fourth-order valence-corrected chi connectivity index (χ4v) is 3.30. The maximum absolute atomic E-state index is 12.3. The molecule has 21 heavy (non-hydrogen) atoms. The number of para-hydroxylation sites is 1. The molecular weight excluding hydrogens is 266 g/mol. The van der Waals surface area contributed by atoms with Crippen LogP contribution in [0.15, 0.2) is 18.2 Å². The smallest absolute Gasteiger partial charge is 0.228 e. The number of amides is 2. The summed E-state index contributed by atoms with van der Waals surface area (Å²) in [4.78, 5) is 27.7. The fraction of sp³-hybridized carbons (Fsp3) is 0.438. The van der Waals surface area contributed by atoms with Crippen LogP contribution in [0.5, 0.6) is 0 Å². The van der Waals surface area contributed by atoms with Crippen molar-refractivity contribution in [2.24, 2.45) is 0 Å². The third kappa shape index (κ3) is 2.17. The molecule has 2 heterocycles. The Balaban J connectivity index is 2.18. The number of carbonyl (C=O) groups is 2. The predicted molar refractivity (Wildman–Crippen MR) is 79.0 cm³/mol. The lowest BCUT2D eigenvalue weighted by atomic mass is 9.87. The summed E-state index contributed by atoms with van der Waals surface area (Å²) in [6.45, 7) is 2.57. The van der Waals surface area contributed by atoms with Gasteiger partial charge >= 0.3 is 0 Å². The third-order valence-corrected chi connectivity index (χ3v) is 4.32. The first-order valence-corrected chi connectivity index (χ1v) is 7.22. The van der Waals surface area contributed by atoms with Gasteiger partial charge in [-0.3, -0.25) is 9.59 Å². The highest BCUT2D eigenvalue weighted by Gasteiger charge is 2.35. The van der Waals surface area contributed by atoms with E-state index < -0.39 is 0 Å². The maximum atomic E-state index is 12.3. The number of nitrogens with zero attached hydrogens (tertiary/aromatic N) is 3. The molecule has 2 aliphatic rings. The highest BCUT2D eigenvalue weighted by atomic mass is 16.2. The van der Waals surface area contributed by atoms with Crippen LogP contribution >= 0.6 is 0 Å². The minimum Gasteiger partial charge on any atom is -0.310 e. The predicted octanol–water partition coefficient (Wildman–Crippen LogP) is 2.18. The van der Waals surface area contributed by atoms with Crippen molar-refractivity contribution >= 4 is 23.2 Å². The summed E-state index contributed by atoms with van der Waals surface area (Å²) in [6.07, 6.45) is 1.59. The Kier molecular flexibility index (Phi) is 3.38. The molecule has 0 saturated carbocycles. The molecule has 1 aromatic carbocycles. The van der Waals surface area contributed by atoms with E-state index >= 15 is 0 Å². The fourth-order valence-electron chi connectivity index (χ4n) is 3.30. The molecule has 2 aliphatic heterocycles. The number of anilines is 2. The minimum atomic E-state index is -0.0551. The molecule has 0 fully saturated rings. The summed E-state index contributed by atoms with van der Waals surface area (Å²) in [5.41, 5.74) is 2.65. The van der Waals surface area contributed by atoms with E-state index in [1.165, 1.54) is 6.92 Å². The molecule has 1 unspecified atom stereocenters. The summed E-state index contributed by atoms with van der Waals surface area (Å²) < 4.78 is 0. The molecule has 108 valence electrons. The highest BCUT2D eigenvalue weighted by Crippen LogP contribution is 2.44. The average molecular weight is 283 g/mol. The van der Waals surface area contributed by atoms with Crippen LogP contribution in [0.3, 0.4) is 0 Å². The number of carbonyl (C=O) groups excluding carboxylic acids is 2. The molecule has 0 saturated heterocycles. The molecule has 0 aromatic heterocycles.